The van der Waals surface area contributed by atoms with Crippen molar-refractivity contribution in [2.45, 2.75) is 216 Å². The Balaban J connectivity index is 1.85. The highest BCUT2D eigenvalue weighted by Gasteiger charge is 2.47. The molecule has 0 saturated carbocycles. The molecular weight excluding hydrogens is 889 g/mol. The molecular formula is C54H88O15. The Morgan fingerprint density at radius 2 is 0.928 bits per heavy atom. The first-order chi connectivity index (χ1) is 33.5. The van der Waals surface area contributed by atoms with Crippen LogP contribution in [0.15, 0.2) is 85.1 Å². The van der Waals surface area contributed by atoms with E-state index < -0.39 is 99.3 Å². The van der Waals surface area contributed by atoms with Crippen LogP contribution in [0, 0.1) is 0 Å². The molecule has 15 heteroatoms. The molecule has 394 valence electrons. The summed E-state index contributed by atoms with van der Waals surface area (Å²) in [5, 5.41) is 72.1. The van der Waals surface area contributed by atoms with E-state index in [1.54, 1.807) is 0 Å². The summed E-state index contributed by atoms with van der Waals surface area (Å²) < 4.78 is 33.5. The summed E-state index contributed by atoms with van der Waals surface area (Å²) in [6, 6.07) is 0. The first kappa shape index (κ1) is 61.8. The van der Waals surface area contributed by atoms with E-state index in [-0.39, 0.29) is 19.4 Å². The van der Waals surface area contributed by atoms with Crippen molar-refractivity contribution in [3.63, 3.8) is 0 Å². The van der Waals surface area contributed by atoms with Crippen molar-refractivity contribution in [1.29, 1.82) is 0 Å². The Hall–Kier alpha value is -3.32. The van der Waals surface area contributed by atoms with Crippen LogP contribution in [0.25, 0.3) is 0 Å². The van der Waals surface area contributed by atoms with Crippen molar-refractivity contribution in [1.82, 2.24) is 0 Å². The topological polar surface area (TPSA) is 231 Å². The normalized spacial score (nSPS) is 26.3. The third kappa shape index (κ3) is 28.3. The lowest BCUT2D eigenvalue weighted by atomic mass is 9.98. The second-order valence-electron chi connectivity index (χ2n) is 17.6. The molecule has 7 N–H and O–H groups in total. The Labute approximate surface area is 412 Å². The van der Waals surface area contributed by atoms with Crippen molar-refractivity contribution >= 4 is 11.9 Å². The molecule has 2 rings (SSSR count). The number of unbranched alkanes of at least 4 members (excludes halogenated alkanes) is 10. The summed E-state index contributed by atoms with van der Waals surface area (Å²) in [5.41, 5.74) is 0. The van der Waals surface area contributed by atoms with E-state index in [0.717, 1.165) is 77.0 Å². The molecule has 0 aliphatic carbocycles. The lowest BCUT2D eigenvalue weighted by molar-refractivity contribution is -0.332. The standard InChI is InChI=1S/C54H88O15/c1-3-5-7-9-11-13-15-17-19-21-23-25-27-29-31-33-35-37-46(57)67-42(39-64-45(56)36-34-32-30-28-26-24-22-20-18-16-14-12-10-8-6-4-2)40-65-53-52(63)50(61)48(59)44(69-53)41-66-54-51(62)49(60)47(58)43(38-55)68-54/h5,7,11,13-14,16-17,19-20,22-23,25,29,31,42-44,47-55,58-63H,3-4,6,8-10,12,15,18,21,24,26-28,30,32-41H2,1-2H3/b7-5-,13-11-,16-14-,19-17-,22-20-,25-23-,31-29-. The molecule has 0 bridgehead atoms. The number of allylic oxidation sites excluding steroid dienone is 14. The minimum atomic E-state index is -1.78. The Morgan fingerprint density at radius 1 is 0.478 bits per heavy atom. The van der Waals surface area contributed by atoms with Gasteiger partial charge in [0.1, 0.15) is 55.4 Å². The van der Waals surface area contributed by atoms with Crippen molar-refractivity contribution in [2.75, 3.05) is 26.4 Å². The molecule has 11 unspecified atom stereocenters. The van der Waals surface area contributed by atoms with Gasteiger partial charge in [0.15, 0.2) is 18.7 Å². The summed E-state index contributed by atoms with van der Waals surface area (Å²) in [5.74, 6) is -1.02. The zero-order valence-electron chi connectivity index (χ0n) is 41.5. The number of carbonyl (C=O) groups is 2. The second-order valence-corrected chi connectivity index (χ2v) is 17.6. The molecule has 0 aromatic carbocycles. The van der Waals surface area contributed by atoms with Crippen molar-refractivity contribution in [3.05, 3.63) is 85.1 Å². The molecule has 0 amide bonds. The van der Waals surface area contributed by atoms with Crippen LogP contribution < -0.4 is 0 Å². The third-order valence-corrected chi connectivity index (χ3v) is 11.6. The van der Waals surface area contributed by atoms with Crippen LogP contribution >= 0.6 is 0 Å². The van der Waals surface area contributed by atoms with Crippen LogP contribution in [0.4, 0.5) is 0 Å². The average molecular weight is 977 g/mol. The van der Waals surface area contributed by atoms with Gasteiger partial charge in [0.25, 0.3) is 0 Å². The Kier molecular flexibility index (Phi) is 36.1. The zero-order chi connectivity index (χ0) is 50.3. The Bertz CT molecular complexity index is 1520. The van der Waals surface area contributed by atoms with Crippen molar-refractivity contribution < 1.29 is 73.8 Å². The number of hydrogen-bond donors (Lipinski definition) is 7. The highest BCUT2D eigenvalue weighted by Crippen LogP contribution is 2.26. The number of esters is 2. The number of carbonyl (C=O) groups excluding carboxylic acids is 2. The zero-order valence-corrected chi connectivity index (χ0v) is 41.5. The lowest BCUT2D eigenvalue weighted by Crippen LogP contribution is -2.61. The van der Waals surface area contributed by atoms with Gasteiger partial charge in [-0.25, -0.2) is 0 Å². The Morgan fingerprint density at radius 3 is 1.48 bits per heavy atom. The van der Waals surface area contributed by atoms with Crippen LogP contribution in [0.5, 0.6) is 0 Å². The number of hydrogen-bond acceptors (Lipinski definition) is 15. The van der Waals surface area contributed by atoms with Crippen LogP contribution in [-0.4, -0.2) is 142 Å². The van der Waals surface area contributed by atoms with E-state index in [0.29, 0.717) is 19.3 Å². The van der Waals surface area contributed by atoms with Gasteiger partial charge in [-0.05, 0) is 83.5 Å². The molecule has 0 aromatic heterocycles. The average Bonchev–Trinajstić information content (AvgIpc) is 3.34. The van der Waals surface area contributed by atoms with E-state index in [4.69, 9.17) is 28.4 Å². The van der Waals surface area contributed by atoms with E-state index in [2.05, 4.69) is 86.8 Å². The summed E-state index contributed by atoms with van der Waals surface area (Å²) in [6.07, 6.45) is 31.9. The fraction of sp³-hybridized carbons (Fsp3) is 0.704. The van der Waals surface area contributed by atoms with E-state index in [1.807, 2.05) is 12.2 Å². The molecule has 2 heterocycles. The van der Waals surface area contributed by atoms with Gasteiger partial charge < -0.3 is 64.2 Å². The number of aliphatic hydroxyl groups is 7. The minimum absolute atomic E-state index is 0.0790. The molecule has 2 aliphatic rings. The van der Waals surface area contributed by atoms with Gasteiger partial charge in [-0.15, -0.1) is 0 Å². The van der Waals surface area contributed by atoms with E-state index >= 15 is 0 Å². The lowest BCUT2D eigenvalue weighted by Gasteiger charge is -2.42. The van der Waals surface area contributed by atoms with Gasteiger partial charge >= 0.3 is 11.9 Å². The summed E-state index contributed by atoms with van der Waals surface area (Å²) >= 11 is 0. The fourth-order valence-corrected chi connectivity index (χ4v) is 7.40. The molecule has 0 aromatic rings. The maximum Gasteiger partial charge on any atom is 0.306 e. The molecule has 2 fully saturated rings. The van der Waals surface area contributed by atoms with Crippen LogP contribution in [0.2, 0.25) is 0 Å². The van der Waals surface area contributed by atoms with Crippen LogP contribution in [-0.2, 0) is 38.0 Å². The SMILES string of the molecule is CC/C=C\C/C=C\C/C=C\C/C=C\C/C=C\CCCC(=O)OC(COC(=O)CCCCCCC/C=C\C/C=C\CCCCCC)COC1OC(COC2OC(CO)C(O)C(O)C2O)C(O)C(O)C1O. The van der Waals surface area contributed by atoms with Gasteiger partial charge in [-0.1, -0.05) is 137 Å². The monoisotopic (exact) mass is 977 g/mol. The quantitative estimate of drug-likeness (QED) is 0.0184. The fourth-order valence-electron chi connectivity index (χ4n) is 7.40. The first-order valence-corrected chi connectivity index (χ1v) is 25.7. The molecule has 0 radical (unpaired) electrons. The largest absolute Gasteiger partial charge is 0.462 e. The van der Waals surface area contributed by atoms with E-state index in [1.165, 1.54) is 25.7 Å². The van der Waals surface area contributed by atoms with E-state index in [9.17, 15) is 45.3 Å². The van der Waals surface area contributed by atoms with Crippen molar-refractivity contribution in [2.24, 2.45) is 0 Å². The predicted octanol–water partition coefficient (Wildman–Crippen LogP) is 7.21. The summed E-state index contributed by atoms with van der Waals surface area (Å²) in [7, 11) is 0. The van der Waals surface area contributed by atoms with Gasteiger partial charge in [-0.2, -0.15) is 0 Å². The molecule has 0 spiro atoms. The summed E-state index contributed by atoms with van der Waals surface area (Å²) in [6.45, 7) is 2.36. The third-order valence-electron chi connectivity index (χ3n) is 11.6. The number of ether oxygens (including phenoxy) is 6. The molecule has 15 nitrogen and oxygen atoms in total. The molecule has 11 atom stereocenters. The maximum absolute atomic E-state index is 13.0. The van der Waals surface area contributed by atoms with Gasteiger partial charge in [0, 0.05) is 12.8 Å². The minimum Gasteiger partial charge on any atom is -0.462 e. The highest BCUT2D eigenvalue weighted by atomic mass is 16.7. The number of rotatable bonds is 38. The predicted molar refractivity (Wildman–Crippen MR) is 265 cm³/mol. The number of aliphatic hydroxyl groups excluding tert-OH is 7. The van der Waals surface area contributed by atoms with Crippen LogP contribution in [0.3, 0.4) is 0 Å². The van der Waals surface area contributed by atoms with Crippen LogP contribution in [0.1, 0.15) is 149 Å². The van der Waals surface area contributed by atoms with Gasteiger partial charge in [0.05, 0.1) is 19.8 Å². The highest BCUT2D eigenvalue weighted by molar-refractivity contribution is 5.70. The maximum atomic E-state index is 13.0. The molecule has 69 heavy (non-hydrogen) atoms. The van der Waals surface area contributed by atoms with Gasteiger partial charge in [0.2, 0.25) is 0 Å². The molecule has 2 aliphatic heterocycles. The first-order valence-electron chi connectivity index (χ1n) is 25.7. The smallest absolute Gasteiger partial charge is 0.306 e. The van der Waals surface area contributed by atoms with Gasteiger partial charge in [-0.3, -0.25) is 9.59 Å². The second kappa shape index (κ2) is 40.3. The molecule has 2 saturated heterocycles. The van der Waals surface area contributed by atoms with Crippen molar-refractivity contribution in [3.8, 4) is 0 Å². The summed E-state index contributed by atoms with van der Waals surface area (Å²) in [4.78, 5) is 25.7.